The molecule has 2 aromatic rings. The van der Waals surface area contributed by atoms with E-state index in [0.717, 1.165) is 16.8 Å². The van der Waals surface area contributed by atoms with Gasteiger partial charge in [-0.15, -0.1) is 0 Å². The highest BCUT2D eigenvalue weighted by atomic mass is 16.6. The van der Waals surface area contributed by atoms with Crippen molar-refractivity contribution in [2.24, 2.45) is 0 Å². The van der Waals surface area contributed by atoms with Crippen LogP contribution in [0.3, 0.4) is 0 Å². The molecule has 1 aliphatic heterocycles. The predicted molar refractivity (Wildman–Crippen MR) is 93.4 cm³/mol. The summed E-state index contributed by atoms with van der Waals surface area (Å²) in [5, 5.41) is 0. The zero-order valence-electron chi connectivity index (χ0n) is 13.7. The third kappa shape index (κ3) is 3.29. The van der Waals surface area contributed by atoms with Gasteiger partial charge >= 0.3 is 6.09 Å². The van der Waals surface area contributed by atoms with E-state index in [0.29, 0.717) is 0 Å². The molecule has 23 heavy (non-hydrogen) atoms. The number of rotatable bonds is 1. The van der Waals surface area contributed by atoms with Gasteiger partial charge in [0.25, 0.3) is 0 Å². The van der Waals surface area contributed by atoms with Crippen LogP contribution in [-0.4, -0.2) is 11.7 Å². The van der Waals surface area contributed by atoms with Gasteiger partial charge in [0.05, 0.1) is 11.7 Å². The van der Waals surface area contributed by atoms with E-state index >= 15 is 0 Å². The number of carbonyl (C=O) groups is 1. The highest BCUT2D eigenvalue weighted by Crippen LogP contribution is 2.37. The number of amides is 1. The molecule has 0 fully saturated rings. The van der Waals surface area contributed by atoms with Crippen LogP contribution in [0.25, 0.3) is 6.08 Å². The maximum absolute atomic E-state index is 12.8. The van der Waals surface area contributed by atoms with Crippen LogP contribution in [0, 0.1) is 0 Å². The first-order valence-corrected chi connectivity index (χ1v) is 7.80. The summed E-state index contributed by atoms with van der Waals surface area (Å²) >= 11 is 0. The molecule has 3 rings (SSSR count). The molecule has 0 saturated carbocycles. The number of nitrogens with zero attached hydrogens (tertiary/aromatic N) is 1. The summed E-state index contributed by atoms with van der Waals surface area (Å²) < 4.78 is 5.64. The third-order valence-electron chi connectivity index (χ3n) is 3.66. The van der Waals surface area contributed by atoms with E-state index in [1.807, 2.05) is 81.4 Å². The Labute approximate surface area is 137 Å². The number of hydrogen-bond acceptors (Lipinski definition) is 2. The largest absolute Gasteiger partial charge is 0.443 e. The van der Waals surface area contributed by atoms with E-state index in [1.165, 1.54) is 0 Å². The maximum atomic E-state index is 12.8. The van der Waals surface area contributed by atoms with Crippen molar-refractivity contribution in [3.8, 4) is 0 Å². The van der Waals surface area contributed by atoms with Crippen LogP contribution in [0.2, 0.25) is 0 Å². The minimum absolute atomic E-state index is 0.166. The van der Waals surface area contributed by atoms with Crippen molar-refractivity contribution in [1.82, 2.24) is 0 Å². The molecular formula is C20H21NO2. The van der Waals surface area contributed by atoms with Gasteiger partial charge in [0, 0.05) is 0 Å². The first kappa shape index (κ1) is 15.3. The van der Waals surface area contributed by atoms with Gasteiger partial charge in [-0.3, -0.25) is 4.90 Å². The molecule has 2 aromatic carbocycles. The van der Waals surface area contributed by atoms with Crippen LogP contribution >= 0.6 is 0 Å². The second kappa shape index (κ2) is 5.92. The molecule has 3 nitrogen and oxygen atoms in total. The van der Waals surface area contributed by atoms with Crippen LogP contribution in [0.15, 0.2) is 60.7 Å². The molecule has 1 atom stereocenters. The average molecular weight is 307 g/mol. The molecule has 0 radical (unpaired) electrons. The third-order valence-corrected chi connectivity index (χ3v) is 3.66. The van der Waals surface area contributed by atoms with Gasteiger partial charge in [-0.2, -0.15) is 0 Å². The number of ether oxygens (including phenoxy) is 1. The van der Waals surface area contributed by atoms with Crippen molar-refractivity contribution < 1.29 is 9.53 Å². The van der Waals surface area contributed by atoms with Crippen LogP contribution in [0.5, 0.6) is 0 Å². The lowest BCUT2D eigenvalue weighted by Crippen LogP contribution is -2.40. The quantitative estimate of drug-likeness (QED) is 0.725. The van der Waals surface area contributed by atoms with Crippen molar-refractivity contribution >= 4 is 17.9 Å². The number of hydrogen-bond donors (Lipinski definition) is 0. The second-order valence-electron chi connectivity index (χ2n) is 6.62. The van der Waals surface area contributed by atoms with Crippen molar-refractivity contribution in [2.45, 2.75) is 32.4 Å². The number of anilines is 1. The summed E-state index contributed by atoms with van der Waals surface area (Å²) in [5.41, 5.74) is 2.42. The van der Waals surface area contributed by atoms with Gasteiger partial charge in [0.2, 0.25) is 0 Å². The highest BCUT2D eigenvalue weighted by molar-refractivity contribution is 5.94. The smallest absolute Gasteiger partial charge is 0.415 e. The first-order chi connectivity index (χ1) is 11.0. The molecule has 0 N–H and O–H groups in total. The van der Waals surface area contributed by atoms with E-state index < -0.39 is 5.60 Å². The lowest BCUT2D eigenvalue weighted by molar-refractivity contribution is 0.0571. The van der Waals surface area contributed by atoms with Gasteiger partial charge in [-0.25, -0.2) is 4.79 Å². The monoisotopic (exact) mass is 307 g/mol. The Morgan fingerprint density at radius 1 is 1.00 bits per heavy atom. The highest BCUT2D eigenvalue weighted by Gasteiger charge is 2.32. The van der Waals surface area contributed by atoms with Crippen LogP contribution in [-0.2, 0) is 4.74 Å². The zero-order valence-corrected chi connectivity index (χ0v) is 13.7. The summed E-state index contributed by atoms with van der Waals surface area (Å²) in [5.74, 6) is 0. The van der Waals surface area contributed by atoms with E-state index in [9.17, 15) is 4.79 Å². The van der Waals surface area contributed by atoms with Crippen LogP contribution < -0.4 is 4.90 Å². The Kier molecular flexibility index (Phi) is 3.95. The molecule has 1 unspecified atom stereocenters. The fraction of sp³-hybridized carbons (Fsp3) is 0.250. The Morgan fingerprint density at radius 3 is 2.35 bits per heavy atom. The maximum Gasteiger partial charge on any atom is 0.415 e. The summed E-state index contributed by atoms with van der Waals surface area (Å²) in [4.78, 5) is 14.6. The standard InChI is InChI=1S/C20H21NO2/c1-20(2,3)23-19(22)21-17-12-8-7-11-16(17)13-14-18(21)15-9-5-4-6-10-15/h4-14,18H,1-3H3. The number of para-hydroxylation sites is 1. The van der Waals surface area contributed by atoms with Gasteiger partial charge in [-0.05, 0) is 38.0 Å². The van der Waals surface area contributed by atoms with Crippen LogP contribution in [0.1, 0.15) is 37.9 Å². The Morgan fingerprint density at radius 2 is 1.65 bits per heavy atom. The molecule has 1 amide bonds. The fourth-order valence-corrected chi connectivity index (χ4v) is 2.71. The van der Waals surface area contributed by atoms with E-state index in [4.69, 9.17) is 4.74 Å². The minimum Gasteiger partial charge on any atom is -0.443 e. The molecular weight excluding hydrogens is 286 g/mol. The molecule has 118 valence electrons. The average Bonchev–Trinajstić information content (AvgIpc) is 2.53. The van der Waals surface area contributed by atoms with Gasteiger partial charge < -0.3 is 4.74 Å². The van der Waals surface area contributed by atoms with E-state index in [1.54, 1.807) is 4.90 Å². The van der Waals surface area contributed by atoms with Crippen molar-refractivity contribution in [2.75, 3.05) is 4.90 Å². The van der Waals surface area contributed by atoms with Crippen LogP contribution in [0.4, 0.5) is 10.5 Å². The van der Waals surface area contributed by atoms with Gasteiger partial charge in [-0.1, -0.05) is 60.7 Å². The first-order valence-electron chi connectivity index (χ1n) is 7.80. The molecule has 0 aliphatic carbocycles. The number of benzene rings is 2. The fourth-order valence-electron chi connectivity index (χ4n) is 2.71. The molecule has 1 aliphatic rings. The molecule has 0 aromatic heterocycles. The Bertz CT molecular complexity index is 729. The zero-order chi connectivity index (χ0) is 16.4. The van der Waals surface area contributed by atoms with Crippen molar-refractivity contribution in [1.29, 1.82) is 0 Å². The topological polar surface area (TPSA) is 29.5 Å². The summed E-state index contributed by atoms with van der Waals surface area (Å²) in [6, 6.07) is 17.7. The number of fused-ring (bicyclic) bond motifs is 1. The van der Waals surface area contributed by atoms with E-state index in [2.05, 4.69) is 6.08 Å². The minimum atomic E-state index is -0.533. The van der Waals surface area contributed by atoms with Crippen molar-refractivity contribution in [3.05, 3.63) is 71.8 Å². The summed E-state index contributed by atoms with van der Waals surface area (Å²) in [6.07, 6.45) is 3.78. The lowest BCUT2D eigenvalue weighted by Gasteiger charge is -2.35. The summed E-state index contributed by atoms with van der Waals surface area (Å²) in [7, 11) is 0. The Balaban J connectivity index is 2.04. The Hall–Kier alpha value is -2.55. The molecule has 0 saturated heterocycles. The van der Waals surface area contributed by atoms with E-state index in [-0.39, 0.29) is 12.1 Å². The molecule has 3 heteroatoms. The molecule has 1 heterocycles. The van der Waals surface area contributed by atoms with Crippen molar-refractivity contribution in [3.63, 3.8) is 0 Å². The SMILES string of the molecule is CC(C)(C)OC(=O)N1c2ccccc2C=CC1c1ccccc1. The van der Waals surface area contributed by atoms with Gasteiger partial charge in [0.15, 0.2) is 0 Å². The summed E-state index contributed by atoms with van der Waals surface area (Å²) in [6.45, 7) is 5.65. The predicted octanol–water partition coefficient (Wildman–Crippen LogP) is 5.20. The second-order valence-corrected chi connectivity index (χ2v) is 6.62. The van der Waals surface area contributed by atoms with Gasteiger partial charge in [0.1, 0.15) is 5.60 Å². The molecule has 0 spiro atoms. The lowest BCUT2D eigenvalue weighted by atomic mass is 9.98. The number of carbonyl (C=O) groups excluding carboxylic acids is 1. The molecule has 0 bridgehead atoms. The normalized spacial score (nSPS) is 16.8.